The van der Waals surface area contributed by atoms with Crippen LogP contribution < -0.4 is 15.8 Å². The number of anilines is 1. The van der Waals surface area contributed by atoms with Crippen molar-refractivity contribution in [3.05, 3.63) is 22.7 Å². The lowest BCUT2D eigenvalue weighted by atomic mass is 9.85. The molecule has 0 saturated heterocycles. The number of amides is 1. The molecule has 3 N–H and O–H groups in total. The molecule has 0 unspecified atom stereocenters. The van der Waals surface area contributed by atoms with E-state index in [0.29, 0.717) is 28.6 Å². The number of carbonyl (C=O) groups excluding carboxylic acids is 1. The van der Waals surface area contributed by atoms with Gasteiger partial charge in [-0.2, -0.15) is 0 Å². The van der Waals surface area contributed by atoms with Crippen molar-refractivity contribution in [2.75, 3.05) is 33.5 Å². The first-order valence-electron chi connectivity index (χ1n) is 8.98. The molecule has 6 heteroatoms. The minimum absolute atomic E-state index is 0.173. The van der Waals surface area contributed by atoms with Crippen LogP contribution in [-0.4, -0.2) is 44.1 Å². The highest BCUT2D eigenvalue weighted by molar-refractivity contribution is 6.33. The zero-order valence-electron chi connectivity index (χ0n) is 15.5. The van der Waals surface area contributed by atoms with E-state index in [-0.39, 0.29) is 11.4 Å². The van der Waals surface area contributed by atoms with E-state index in [9.17, 15) is 4.79 Å². The Labute approximate surface area is 155 Å². The van der Waals surface area contributed by atoms with Gasteiger partial charge in [-0.05, 0) is 39.4 Å². The van der Waals surface area contributed by atoms with Gasteiger partial charge in [0.25, 0.3) is 5.91 Å². The third kappa shape index (κ3) is 4.79. The number of carbonyl (C=O) groups is 1. The van der Waals surface area contributed by atoms with Gasteiger partial charge in [0.1, 0.15) is 5.75 Å². The van der Waals surface area contributed by atoms with E-state index in [1.807, 2.05) is 0 Å². The van der Waals surface area contributed by atoms with E-state index in [1.54, 1.807) is 12.1 Å². The average Bonchev–Trinajstić information content (AvgIpc) is 2.83. The summed E-state index contributed by atoms with van der Waals surface area (Å²) in [6.45, 7) is 0.627. The molecule has 0 radical (unpaired) electrons. The molecule has 0 aromatic heterocycles. The van der Waals surface area contributed by atoms with Crippen molar-refractivity contribution in [1.82, 2.24) is 10.2 Å². The summed E-state index contributed by atoms with van der Waals surface area (Å²) in [4.78, 5) is 14.9. The summed E-state index contributed by atoms with van der Waals surface area (Å²) in [5, 5.41) is 3.38. The fourth-order valence-corrected chi connectivity index (χ4v) is 3.89. The van der Waals surface area contributed by atoms with E-state index in [2.05, 4.69) is 24.3 Å². The zero-order chi connectivity index (χ0) is 18.4. The lowest BCUT2D eigenvalue weighted by molar-refractivity contribution is 0.0913. The fourth-order valence-electron chi connectivity index (χ4n) is 3.73. The number of ether oxygens (including phenoxy) is 1. The Morgan fingerprint density at radius 2 is 1.92 bits per heavy atom. The standard InChI is InChI=1S/C19H30ClN3O2/c1-23(2)19(8-6-4-5-7-9-19)10-11-22-18(24)14-12-15(20)16(21)13-17(14)25-3/h12-13H,4-11,21H2,1-3H3,(H,22,24). The lowest BCUT2D eigenvalue weighted by Gasteiger charge is -2.40. The van der Waals surface area contributed by atoms with Crippen molar-refractivity contribution in [2.24, 2.45) is 0 Å². The van der Waals surface area contributed by atoms with Crippen molar-refractivity contribution >= 4 is 23.2 Å². The van der Waals surface area contributed by atoms with Crippen LogP contribution in [0.5, 0.6) is 5.75 Å². The van der Waals surface area contributed by atoms with Crippen LogP contribution in [0.15, 0.2) is 12.1 Å². The summed E-state index contributed by atoms with van der Waals surface area (Å²) in [5.41, 5.74) is 6.77. The number of methoxy groups -OCH3 is 1. The number of rotatable bonds is 6. The smallest absolute Gasteiger partial charge is 0.255 e. The molecule has 5 nitrogen and oxygen atoms in total. The first-order valence-corrected chi connectivity index (χ1v) is 9.36. The summed E-state index contributed by atoms with van der Waals surface area (Å²) in [6.07, 6.45) is 8.45. The maximum atomic E-state index is 12.6. The zero-order valence-corrected chi connectivity index (χ0v) is 16.3. The molecule has 1 amide bonds. The second-order valence-electron chi connectivity index (χ2n) is 7.11. The van der Waals surface area contributed by atoms with Gasteiger partial charge >= 0.3 is 0 Å². The topological polar surface area (TPSA) is 67.6 Å². The highest BCUT2D eigenvalue weighted by Gasteiger charge is 2.32. The van der Waals surface area contributed by atoms with Crippen molar-refractivity contribution in [3.8, 4) is 5.75 Å². The molecule has 1 aromatic rings. The normalized spacial score (nSPS) is 17.2. The molecule has 0 atom stereocenters. The largest absolute Gasteiger partial charge is 0.496 e. The van der Waals surface area contributed by atoms with Crippen molar-refractivity contribution in [1.29, 1.82) is 0 Å². The van der Waals surface area contributed by atoms with Crippen LogP contribution in [-0.2, 0) is 0 Å². The Morgan fingerprint density at radius 1 is 1.28 bits per heavy atom. The first-order chi connectivity index (χ1) is 11.9. The van der Waals surface area contributed by atoms with E-state index < -0.39 is 0 Å². The molecule has 1 saturated carbocycles. The molecule has 0 aliphatic heterocycles. The average molecular weight is 368 g/mol. The summed E-state index contributed by atoms with van der Waals surface area (Å²) >= 11 is 6.06. The number of hydrogen-bond donors (Lipinski definition) is 2. The van der Waals surface area contributed by atoms with E-state index in [1.165, 1.54) is 45.6 Å². The molecule has 140 valence electrons. The predicted molar refractivity (Wildman–Crippen MR) is 103 cm³/mol. The van der Waals surface area contributed by atoms with Crippen LogP contribution in [0.25, 0.3) is 0 Å². The number of halogens is 1. The SMILES string of the molecule is COc1cc(N)c(Cl)cc1C(=O)NCCC1(N(C)C)CCCCCC1. The van der Waals surface area contributed by atoms with Gasteiger partial charge in [0.05, 0.1) is 23.4 Å². The maximum absolute atomic E-state index is 12.6. The van der Waals surface area contributed by atoms with Crippen LogP contribution in [0.4, 0.5) is 5.69 Å². The molecule has 25 heavy (non-hydrogen) atoms. The lowest BCUT2D eigenvalue weighted by Crippen LogP contribution is -2.46. The van der Waals surface area contributed by atoms with Gasteiger partial charge in [0.2, 0.25) is 0 Å². The molecule has 1 aliphatic rings. The highest BCUT2D eigenvalue weighted by Crippen LogP contribution is 2.34. The number of nitrogen functional groups attached to an aromatic ring is 1. The van der Waals surface area contributed by atoms with Crippen LogP contribution in [0.1, 0.15) is 55.3 Å². The Bertz CT molecular complexity index is 597. The van der Waals surface area contributed by atoms with Crippen molar-refractivity contribution in [2.45, 2.75) is 50.5 Å². The molecule has 0 bridgehead atoms. The Hall–Kier alpha value is -1.46. The second-order valence-corrected chi connectivity index (χ2v) is 7.52. The van der Waals surface area contributed by atoms with Gasteiger partial charge in [-0.15, -0.1) is 0 Å². The van der Waals surface area contributed by atoms with Gasteiger partial charge in [0, 0.05) is 18.2 Å². The van der Waals surface area contributed by atoms with Gasteiger partial charge < -0.3 is 20.7 Å². The van der Waals surface area contributed by atoms with E-state index in [0.717, 1.165) is 6.42 Å². The van der Waals surface area contributed by atoms with Gasteiger partial charge in [0.15, 0.2) is 0 Å². The van der Waals surface area contributed by atoms with Crippen LogP contribution in [0.2, 0.25) is 5.02 Å². The van der Waals surface area contributed by atoms with Crippen LogP contribution >= 0.6 is 11.6 Å². The number of hydrogen-bond acceptors (Lipinski definition) is 4. The molecular formula is C19H30ClN3O2. The molecule has 0 heterocycles. The molecule has 1 aliphatic carbocycles. The van der Waals surface area contributed by atoms with Crippen molar-refractivity contribution < 1.29 is 9.53 Å². The Balaban J connectivity index is 2.03. The predicted octanol–water partition coefficient (Wildman–Crippen LogP) is 3.71. The Morgan fingerprint density at radius 3 is 2.48 bits per heavy atom. The summed E-state index contributed by atoms with van der Waals surface area (Å²) in [6, 6.07) is 3.16. The number of benzene rings is 1. The van der Waals surface area contributed by atoms with E-state index in [4.69, 9.17) is 22.1 Å². The molecule has 1 aromatic carbocycles. The van der Waals surface area contributed by atoms with Crippen LogP contribution in [0, 0.1) is 0 Å². The van der Waals surface area contributed by atoms with Gasteiger partial charge in [-0.3, -0.25) is 4.79 Å². The molecule has 1 fully saturated rings. The van der Waals surface area contributed by atoms with Crippen LogP contribution in [0.3, 0.4) is 0 Å². The van der Waals surface area contributed by atoms with E-state index >= 15 is 0 Å². The number of nitrogens with one attached hydrogen (secondary N) is 1. The van der Waals surface area contributed by atoms with Crippen molar-refractivity contribution in [3.63, 3.8) is 0 Å². The molecule has 0 spiro atoms. The summed E-state index contributed by atoms with van der Waals surface area (Å²) in [7, 11) is 5.82. The maximum Gasteiger partial charge on any atom is 0.255 e. The fraction of sp³-hybridized carbons (Fsp3) is 0.632. The Kier molecular flexibility index (Phi) is 6.96. The van der Waals surface area contributed by atoms with Gasteiger partial charge in [-0.1, -0.05) is 37.3 Å². The highest BCUT2D eigenvalue weighted by atomic mass is 35.5. The quantitative estimate of drug-likeness (QED) is 0.594. The number of nitrogens with zero attached hydrogens (tertiary/aromatic N) is 1. The number of nitrogens with two attached hydrogens (primary N) is 1. The summed E-state index contributed by atoms with van der Waals surface area (Å²) in [5.74, 6) is 0.262. The minimum Gasteiger partial charge on any atom is -0.496 e. The first kappa shape index (κ1) is 19.9. The third-order valence-electron chi connectivity index (χ3n) is 5.42. The monoisotopic (exact) mass is 367 g/mol. The second kappa shape index (κ2) is 8.77. The van der Waals surface area contributed by atoms with Gasteiger partial charge in [-0.25, -0.2) is 0 Å². The molecule has 2 rings (SSSR count). The third-order valence-corrected chi connectivity index (χ3v) is 5.75. The molecular weight excluding hydrogens is 338 g/mol. The minimum atomic E-state index is -0.179. The summed E-state index contributed by atoms with van der Waals surface area (Å²) < 4.78 is 5.27.